The molecule has 16 heavy (non-hydrogen) atoms. The van der Waals surface area contributed by atoms with Crippen LogP contribution in [0.25, 0.3) is 0 Å². The van der Waals surface area contributed by atoms with Crippen molar-refractivity contribution in [3.05, 3.63) is 0 Å². The maximum atomic E-state index is 11.6. The van der Waals surface area contributed by atoms with E-state index in [1.807, 2.05) is 7.05 Å². The van der Waals surface area contributed by atoms with Gasteiger partial charge in [-0.1, -0.05) is 26.7 Å². The van der Waals surface area contributed by atoms with Crippen LogP contribution in [0.3, 0.4) is 0 Å². The Morgan fingerprint density at radius 1 is 1.62 bits per heavy atom. The molecule has 0 bridgehead atoms. The number of aliphatic carboxylic acids is 1. The highest BCUT2D eigenvalue weighted by Gasteiger charge is 2.46. The largest absolute Gasteiger partial charge is 0.480 e. The zero-order chi connectivity index (χ0) is 12.3. The fraction of sp³-hybridized carbons (Fsp3) is 0.923. The van der Waals surface area contributed by atoms with E-state index in [9.17, 15) is 9.90 Å². The van der Waals surface area contributed by atoms with Gasteiger partial charge in [-0.3, -0.25) is 9.69 Å². The smallest absolute Gasteiger partial charge is 0.324 e. The average Bonchev–Trinajstić information content (AvgIpc) is 2.26. The van der Waals surface area contributed by atoms with E-state index in [-0.39, 0.29) is 0 Å². The molecule has 3 heteroatoms. The second-order valence-corrected chi connectivity index (χ2v) is 5.41. The minimum absolute atomic E-state index is 0.335. The highest BCUT2D eigenvalue weighted by Crippen LogP contribution is 2.37. The van der Waals surface area contributed by atoms with E-state index in [0.29, 0.717) is 12.0 Å². The lowest BCUT2D eigenvalue weighted by atomic mass is 9.75. The van der Waals surface area contributed by atoms with E-state index < -0.39 is 11.5 Å². The standard InChI is InChI=1S/C13H25NO2/c1-5-11(3)14(4)13(12(15)16)8-6-7-10(2)9-13/h10-11H,5-9H2,1-4H3,(H,15,16). The van der Waals surface area contributed by atoms with Crippen LogP contribution < -0.4 is 0 Å². The topological polar surface area (TPSA) is 40.5 Å². The van der Waals surface area contributed by atoms with Crippen LogP contribution in [0, 0.1) is 5.92 Å². The lowest BCUT2D eigenvalue weighted by molar-refractivity contribution is -0.156. The van der Waals surface area contributed by atoms with Crippen LogP contribution >= 0.6 is 0 Å². The Morgan fingerprint density at radius 2 is 2.25 bits per heavy atom. The summed E-state index contributed by atoms with van der Waals surface area (Å²) in [7, 11) is 1.97. The molecule has 0 aromatic rings. The second kappa shape index (κ2) is 5.17. The van der Waals surface area contributed by atoms with Gasteiger partial charge in [-0.25, -0.2) is 0 Å². The third-order valence-corrected chi connectivity index (χ3v) is 4.30. The SMILES string of the molecule is CCC(C)N(C)C1(C(=O)O)CCCC(C)C1. The summed E-state index contributed by atoms with van der Waals surface area (Å²) in [4.78, 5) is 13.7. The maximum absolute atomic E-state index is 11.6. The number of nitrogens with zero attached hydrogens (tertiary/aromatic N) is 1. The molecule has 0 amide bonds. The van der Waals surface area contributed by atoms with Crippen LogP contribution in [0.2, 0.25) is 0 Å². The van der Waals surface area contributed by atoms with Gasteiger partial charge in [-0.2, -0.15) is 0 Å². The van der Waals surface area contributed by atoms with Crippen molar-refractivity contribution in [3.63, 3.8) is 0 Å². The molecular weight excluding hydrogens is 202 g/mol. The predicted octanol–water partition coefficient (Wildman–Crippen LogP) is 2.75. The molecule has 1 aliphatic rings. The molecule has 0 aromatic heterocycles. The predicted molar refractivity (Wildman–Crippen MR) is 65.5 cm³/mol. The number of carboxylic acids is 1. The molecule has 1 saturated carbocycles. The second-order valence-electron chi connectivity index (χ2n) is 5.41. The molecule has 3 unspecified atom stereocenters. The van der Waals surface area contributed by atoms with Gasteiger partial charge in [0.25, 0.3) is 0 Å². The first-order valence-electron chi connectivity index (χ1n) is 6.40. The number of likely N-dealkylation sites (N-methyl/N-ethyl adjacent to an activating group) is 1. The minimum Gasteiger partial charge on any atom is -0.480 e. The summed E-state index contributed by atoms with van der Waals surface area (Å²) in [5, 5.41) is 9.58. The Bertz CT molecular complexity index is 254. The van der Waals surface area contributed by atoms with Gasteiger partial charge in [-0.15, -0.1) is 0 Å². The van der Waals surface area contributed by atoms with Gasteiger partial charge in [0.15, 0.2) is 0 Å². The number of hydrogen-bond acceptors (Lipinski definition) is 2. The Labute approximate surface area is 98.8 Å². The number of carboxylic acid groups (broad SMARTS) is 1. The van der Waals surface area contributed by atoms with Crippen molar-refractivity contribution in [1.82, 2.24) is 4.90 Å². The molecule has 1 fully saturated rings. The van der Waals surface area contributed by atoms with Crippen molar-refractivity contribution in [2.24, 2.45) is 5.92 Å². The van der Waals surface area contributed by atoms with Crippen LogP contribution in [0.5, 0.6) is 0 Å². The van der Waals surface area contributed by atoms with Crippen LogP contribution in [0.1, 0.15) is 52.9 Å². The normalized spacial score (nSPS) is 32.7. The molecule has 1 N–H and O–H groups in total. The number of rotatable bonds is 4. The lowest BCUT2D eigenvalue weighted by Crippen LogP contribution is -2.58. The fourth-order valence-electron chi connectivity index (χ4n) is 2.88. The quantitative estimate of drug-likeness (QED) is 0.803. The van der Waals surface area contributed by atoms with Crippen LogP contribution in [-0.2, 0) is 4.79 Å². The maximum Gasteiger partial charge on any atom is 0.324 e. The zero-order valence-electron chi connectivity index (χ0n) is 11.0. The van der Waals surface area contributed by atoms with E-state index in [1.54, 1.807) is 0 Å². The lowest BCUT2D eigenvalue weighted by Gasteiger charge is -2.45. The molecule has 0 spiro atoms. The first-order chi connectivity index (χ1) is 7.44. The van der Waals surface area contributed by atoms with E-state index >= 15 is 0 Å². The molecule has 1 rings (SSSR count). The third kappa shape index (κ3) is 2.40. The number of carbonyl (C=O) groups is 1. The average molecular weight is 227 g/mol. The van der Waals surface area contributed by atoms with Crippen molar-refractivity contribution in [2.45, 2.75) is 64.5 Å². The summed E-state index contributed by atoms with van der Waals surface area (Å²) >= 11 is 0. The Hall–Kier alpha value is -0.570. The van der Waals surface area contributed by atoms with Crippen molar-refractivity contribution in [2.75, 3.05) is 7.05 Å². The summed E-state index contributed by atoms with van der Waals surface area (Å²) in [6.45, 7) is 6.40. The van der Waals surface area contributed by atoms with E-state index in [2.05, 4.69) is 25.7 Å². The minimum atomic E-state index is -0.637. The van der Waals surface area contributed by atoms with E-state index in [0.717, 1.165) is 25.7 Å². The molecule has 0 aromatic carbocycles. The Kier molecular flexibility index (Phi) is 4.36. The summed E-state index contributed by atoms with van der Waals surface area (Å²) in [6, 6.07) is 0.335. The van der Waals surface area contributed by atoms with Crippen LogP contribution in [-0.4, -0.2) is 34.6 Å². The van der Waals surface area contributed by atoms with Gasteiger partial charge in [-0.05, 0) is 39.2 Å². The van der Waals surface area contributed by atoms with Gasteiger partial charge < -0.3 is 5.11 Å². The summed E-state index contributed by atoms with van der Waals surface area (Å²) in [6.07, 6.45) is 4.80. The first kappa shape index (κ1) is 13.5. The van der Waals surface area contributed by atoms with Crippen molar-refractivity contribution >= 4 is 5.97 Å². The molecule has 3 atom stereocenters. The molecule has 0 radical (unpaired) electrons. The van der Waals surface area contributed by atoms with Gasteiger partial charge >= 0.3 is 5.97 Å². The summed E-state index contributed by atoms with van der Waals surface area (Å²) in [5.41, 5.74) is -0.618. The molecule has 0 heterocycles. The highest BCUT2D eigenvalue weighted by molar-refractivity contribution is 5.79. The monoisotopic (exact) mass is 227 g/mol. The van der Waals surface area contributed by atoms with Gasteiger partial charge in [0.1, 0.15) is 5.54 Å². The molecular formula is C13H25NO2. The Balaban J connectivity index is 2.91. The molecule has 1 aliphatic carbocycles. The van der Waals surface area contributed by atoms with E-state index in [1.165, 1.54) is 6.42 Å². The third-order valence-electron chi connectivity index (χ3n) is 4.30. The molecule has 0 saturated heterocycles. The van der Waals surface area contributed by atoms with E-state index in [4.69, 9.17) is 0 Å². The Morgan fingerprint density at radius 3 is 2.69 bits per heavy atom. The number of hydrogen-bond donors (Lipinski definition) is 1. The van der Waals surface area contributed by atoms with Gasteiger partial charge in [0, 0.05) is 6.04 Å². The fourth-order valence-corrected chi connectivity index (χ4v) is 2.88. The van der Waals surface area contributed by atoms with Crippen LogP contribution in [0.15, 0.2) is 0 Å². The molecule has 3 nitrogen and oxygen atoms in total. The molecule has 94 valence electrons. The zero-order valence-corrected chi connectivity index (χ0v) is 11.0. The summed E-state index contributed by atoms with van der Waals surface area (Å²) in [5.74, 6) is -0.113. The van der Waals surface area contributed by atoms with Crippen molar-refractivity contribution in [3.8, 4) is 0 Å². The van der Waals surface area contributed by atoms with Gasteiger partial charge in [0.2, 0.25) is 0 Å². The van der Waals surface area contributed by atoms with Crippen molar-refractivity contribution < 1.29 is 9.90 Å². The molecule has 0 aliphatic heterocycles. The summed E-state index contributed by atoms with van der Waals surface area (Å²) < 4.78 is 0. The highest BCUT2D eigenvalue weighted by atomic mass is 16.4. The first-order valence-corrected chi connectivity index (χ1v) is 6.40. The van der Waals surface area contributed by atoms with Gasteiger partial charge in [0.05, 0.1) is 0 Å². The van der Waals surface area contributed by atoms with Crippen molar-refractivity contribution in [1.29, 1.82) is 0 Å². The van der Waals surface area contributed by atoms with Crippen LogP contribution in [0.4, 0.5) is 0 Å².